The van der Waals surface area contributed by atoms with Gasteiger partial charge in [-0.25, -0.2) is 8.88 Å². The fraction of sp³-hybridized carbons (Fsp3) is 1.00. The molecule has 0 aliphatic heterocycles. The first-order valence-corrected chi connectivity index (χ1v) is 7.88. The highest BCUT2D eigenvalue weighted by Crippen LogP contribution is 2.62. The molecule has 14 heavy (non-hydrogen) atoms. The lowest BCUT2D eigenvalue weighted by Gasteiger charge is -2.10. The van der Waals surface area contributed by atoms with Crippen molar-refractivity contribution in [1.82, 2.24) is 0 Å². The molecule has 3 atom stereocenters. The van der Waals surface area contributed by atoms with E-state index in [0.717, 1.165) is 0 Å². The minimum atomic E-state index is -5.01. The number of hydrogen-bond donors (Lipinski definition) is 3. The molecule has 0 fully saturated rings. The van der Waals surface area contributed by atoms with Gasteiger partial charge in [0.05, 0.1) is 6.16 Å². The quantitative estimate of drug-likeness (QED) is 0.490. The largest absolute Gasteiger partial charge is 0.705 e. The molecule has 12 heteroatoms. The van der Waals surface area contributed by atoms with E-state index in [9.17, 15) is 13.7 Å². The van der Waals surface area contributed by atoms with Crippen molar-refractivity contribution >= 4 is 35.3 Å². The van der Waals surface area contributed by atoms with Crippen molar-refractivity contribution in [2.45, 2.75) is 0 Å². The van der Waals surface area contributed by atoms with Crippen LogP contribution in [0.2, 0.25) is 0 Å². The molecule has 0 heterocycles. The maximum atomic E-state index is 10.9. The van der Waals surface area contributed by atoms with E-state index in [-0.39, 0.29) is 5.88 Å². The van der Waals surface area contributed by atoms with Crippen LogP contribution in [0.1, 0.15) is 0 Å². The molecule has 0 spiro atoms. The summed E-state index contributed by atoms with van der Waals surface area (Å²) in [7, 11) is -12.8. The predicted molar refractivity (Wildman–Crippen MR) is 47.2 cm³/mol. The third-order valence-electron chi connectivity index (χ3n) is 0.771. The molecular weight excluding hydrogens is 280 g/mol. The van der Waals surface area contributed by atoms with Crippen LogP contribution in [0.4, 0.5) is 0 Å². The molecule has 0 saturated carbocycles. The van der Waals surface area contributed by atoms with Crippen LogP contribution >= 0.6 is 35.3 Å². The van der Waals surface area contributed by atoms with Crippen molar-refractivity contribution in [2.75, 3.05) is 12.0 Å². The van der Waals surface area contributed by atoms with Gasteiger partial charge in [0.25, 0.3) is 0 Å². The topological polar surface area (TPSA) is 130 Å². The SMILES string of the molecule is O=[P+](O)OP(=O)(O)OP(=O)(O)CCCl. The van der Waals surface area contributed by atoms with Crippen LogP contribution in [0.15, 0.2) is 0 Å². The highest BCUT2D eigenvalue weighted by Gasteiger charge is 2.41. The van der Waals surface area contributed by atoms with Crippen molar-refractivity contribution in [3.63, 3.8) is 0 Å². The average Bonchev–Trinajstić information content (AvgIpc) is 1.78. The number of hydrogen-bond acceptors (Lipinski definition) is 5. The Balaban J connectivity index is 4.42. The molecule has 0 aromatic carbocycles. The van der Waals surface area contributed by atoms with E-state index in [4.69, 9.17) is 26.3 Å². The smallest absolute Gasteiger partial charge is 0.324 e. The van der Waals surface area contributed by atoms with Gasteiger partial charge in [-0.1, -0.05) is 0 Å². The lowest BCUT2D eigenvalue weighted by atomic mass is 11.0. The molecule has 0 aliphatic carbocycles. The maximum absolute atomic E-state index is 10.9. The zero-order chi connectivity index (χ0) is 11.4. The Labute approximate surface area is 84.9 Å². The third kappa shape index (κ3) is 7.01. The molecule has 0 bridgehead atoms. The summed E-state index contributed by atoms with van der Waals surface area (Å²) in [5, 5.41) is 0. The first-order valence-electron chi connectivity index (χ1n) is 2.96. The second kappa shape index (κ2) is 5.66. The first-order chi connectivity index (χ1) is 6.18. The van der Waals surface area contributed by atoms with Gasteiger partial charge in [0.2, 0.25) is 0 Å². The van der Waals surface area contributed by atoms with Crippen molar-refractivity contribution in [2.24, 2.45) is 0 Å². The predicted octanol–water partition coefficient (Wildman–Crippen LogP) is 1.19. The van der Waals surface area contributed by atoms with Crippen molar-refractivity contribution in [1.29, 1.82) is 0 Å². The summed E-state index contributed by atoms with van der Waals surface area (Å²) < 4.78 is 38.8. The molecule has 3 unspecified atom stereocenters. The molecule has 0 aromatic heterocycles. The van der Waals surface area contributed by atoms with Gasteiger partial charge in [0.1, 0.15) is 0 Å². The van der Waals surface area contributed by atoms with Gasteiger partial charge in [-0.15, -0.1) is 16.5 Å². The fourth-order valence-corrected chi connectivity index (χ4v) is 3.98. The zero-order valence-electron chi connectivity index (χ0n) is 6.52. The molecular formula is C2H7ClO8P3+. The average molecular weight is 287 g/mol. The summed E-state index contributed by atoms with van der Waals surface area (Å²) in [5.41, 5.74) is 0. The zero-order valence-corrected chi connectivity index (χ0v) is 9.96. The Morgan fingerprint density at radius 2 is 1.86 bits per heavy atom. The Kier molecular flexibility index (Phi) is 5.92. The summed E-state index contributed by atoms with van der Waals surface area (Å²) in [6.07, 6.45) is -0.579. The highest BCUT2D eigenvalue weighted by molar-refractivity contribution is 7.66. The Bertz CT molecular complexity index is 301. The summed E-state index contributed by atoms with van der Waals surface area (Å²) >= 11 is 5.09. The van der Waals surface area contributed by atoms with Crippen molar-refractivity contribution < 1.29 is 37.0 Å². The first kappa shape index (κ1) is 14.6. The lowest BCUT2D eigenvalue weighted by molar-refractivity contribution is 0.263. The molecule has 0 rings (SSSR count). The van der Waals surface area contributed by atoms with Gasteiger partial charge >= 0.3 is 23.7 Å². The van der Waals surface area contributed by atoms with Gasteiger partial charge < -0.3 is 4.89 Å². The lowest BCUT2D eigenvalue weighted by Crippen LogP contribution is -1.95. The number of halogens is 1. The van der Waals surface area contributed by atoms with Gasteiger partial charge in [-0.2, -0.15) is 0 Å². The number of phosphoric acid groups is 1. The minimum Gasteiger partial charge on any atom is -0.324 e. The van der Waals surface area contributed by atoms with Crippen LogP contribution in [0.3, 0.4) is 0 Å². The van der Waals surface area contributed by atoms with Crippen molar-refractivity contribution in [3.8, 4) is 0 Å². The van der Waals surface area contributed by atoms with Gasteiger partial charge in [-0.05, 0) is 4.31 Å². The van der Waals surface area contributed by atoms with Crippen LogP contribution < -0.4 is 0 Å². The summed E-state index contributed by atoms with van der Waals surface area (Å²) in [5.74, 6) is -0.279. The summed E-state index contributed by atoms with van der Waals surface area (Å²) in [6.45, 7) is 0. The minimum absolute atomic E-state index is 0.279. The monoisotopic (exact) mass is 287 g/mol. The maximum Gasteiger partial charge on any atom is 0.705 e. The molecule has 0 aliphatic rings. The Morgan fingerprint density at radius 3 is 2.21 bits per heavy atom. The fourth-order valence-electron chi connectivity index (χ4n) is 0.412. The van der Waals surface area contributed by atoms with Crippen LogP contribution in [-0.4, -0.2) is 26.7 Å². The van der Waals surface area contributed by atoms with E-state index in [1.807, 2.05) is 0 Å². The van der Waals surface area contributed by atoms with Gasteiger partial charge in [0, 0.05) is 10.4 Å². The van der Waals surface area contributed by atoms with E-state index >= 15 is 0 Å². The molecule has 84 valence electrons. The van der Waals surface area contributed by atoms with Crippen LogP contribution in [0, 0.1) is 0 Å². The van der Waals surface area contributed by atoms with Crippen LogP contribution in [0.5, 0.6) is 0 Å². The number of rotatable bonds is 6. The van der Waals surface area contributed by atoms with E-state index < -0.39 is 29.8 Å². The van der Waals surface area contributed by atoms with Gasteiger partial charge in [-0.3, -0.25) is 9.46 Å². The molecule has 0 radical (unpaired) electrons. The standard InChI is InChI=1S/C2H6ClO8P3/c3-1-2-13(6,7)11-14(8,9)10-12(4)5/h1-2H2,(H2-,4,5,6,7,8,9)/p+1. The second-order valence-corrected chi connectivity index (χ2v) is 6.74. The molecule has 0 amide bonds. The molecule has 3 N–H and O–H groups in total. The van der Waals surface area contributed by atoms with Crippen molar-refractivity contribution in [3.05, 3.63) is 0 Å². The summed E-state index contributed by atoms with van der Waals surface area (Å²) in [4.78, 5) is 25.6. The Morgan fingerprint density at radius 1 is 1.36 bits per heavy atom. The normalized spacial score (nSPS) is 21.0. The summed E-state index contributed by atoms with van der Waals surface area (Å²) in [6, 6.07) is 0. The van der Waals surface area contributed by atoms with Gasteiger partial charge in [0.15, 0.2) is 0 Å². The molecule has 0 aromatic rings. The highest BCUT2D eigenvalue weighted by atomic mass is 35.5. The van der Waals surface area contributed by atoms with Crippen LogP contribution in [0.25, 0.3) is 0 Å². The van der Waals surface area contributed by atoms with E-state index in [1.165, 1.54) is 0 Å². The third-order valence-corrected chi connectivity index (χ3v) is 5.24. The Hall–Kier alpha value is 0.650. The second-order valence-electron chi connectivity index (χ2n) is 1.92. The molecule has 0 saturated heterocycles. The number of alkyl halides is 1. The van der Waals surface area contributed by atoms with E-state index in [1.54, 1.807) is 0 Å². The van der Waals surface area contributed by atoms with E-state index in [2.05, 4.69) is 8.62 Å². The van der Waals surface area contributed by atoms with E-state index in [0.29, 0.717) is 0 Å². The van der Waals surface area contributed by atoms with Crippen LogP contribution in [-0.2, 0) is 22.3 Å². The molecule has 8 nitrogen and oxygen atoms in total.